The van der Waals surface area contributed by atoms with Crippen LogP contribution in [0.2, 0.25) is 0 Å². The van der Waals surface area contributed by atoms with Crippen LogP contribution in [0.1, 0.15) is 10.4 Å². The van der Waals surface area contributed by atoms with Gasteiger partial charge >= 0.3 is 0 Å². The number of nitrogens with one attached hydrogen (secondary N) is 1. The molecule has 0 aliphatic carbocycles. The number of aryl methyl sites for hydroxylation is 1. The van der Waals surface area contributed by atoms with Crippen molar-refractivity contribution >= 4 is 37.5 Å². The summed E-state index contributed by atoms with van der Waals surface area (Å²) in [4.78, 5) is 13.3. The van der Waals surface area contributed by atoms with Gasteiger partial charge in [-0.2, -0.15) is 4.31 Å². The highest BCUT2D eigenvalue weighted by Gasteiger charge is 2.30. The minimum Gasteiger partial charge on any atom is -0.495 e. The molecule has 2 heterocycles. The van der Waals surface area contributed by atoms with Gasteiger partial charge in [-0.25, -0.2) is 13.8 Å². The molecule has 4 rings (SSSR count). The van der Waals surface area contributed by atoms with Gasteiger partial charge in [-0.1, -0.05) is 23.5 Å². The highest BCUT2D eigenvalue weighted by molar-refractivity contribution is 7.89. The molecular weight excluding hydrogens is 440 g/mol. The van der Waals surface area contributed by atoms with Gasteiger partial charge in [0.25, 0.3) is 5.91 Å². The van der Waals surface area contributed by atoms with Crippen LogP contribution in [0.3, 0.4) is 0 Å². The number of thiazole rings is 1. The lowest BCUT2D eigenvalue weighted by Gasteiger charge is -2.26. The lowest BCUT2D eigenvalue weighted by Crippen LogP contribution is -2.40. The molecule has 1 saturated heterocycles. The van der Waals surface area contributed by atoms with E-state index in [0.29, 0.717) is 18.0 Å². The molecule has 9 nitrogen and oxygen atoms in total. The molecule has 0 spiro atoms. The van der Waals surface area contributed by atoms with Gasteiger partial charge in [0, 0.05) is 25.7 Å². The first-order chi connectivity index (χ1) is 14.9. The number of hydrogen-bond donors (Lipinski definition) is 1. The first-order valence-electron chi connectivity index (χ1n) is 9.56. The maximum atomic E-state index is 13.1. The molecule has 3 aromatic rings. The van der Waals surface area contributed by atoms with Crippen LogP contribution >= 0.6 is 11.3 Å². The first-order valence-corrected chi connectivity index (χ1v) is 11.8. The fourth-order valence-corrected chi connectivity index (χ4v) is 5.87. The summed E-state index contributed by atoms with van der Waals surface area (Å²) in [5.41, 5.74) is 3.69. The Bertz CT molecular complexity index is 1290. The first kappa shape index (κ1) is 21.5. The molecule has 0 radical (unpaired) electrons. The van der Waals surface area contributed by atoms with E-state index in [1.54, 1.807) is 0 Å². The molecule has 2 aromatic carbocycles. The van der Waals surface area contributed by atoms with Gasteiger partial charge in [0.15, 0.2) is 0 Å². The van der Waals surface area contributed by atoms with Gasteiger partial charge in [-0.15, -0.1) is 5.10 Å². The zero-order valence-corrected chi connectivity index (χ0v) is 18.7. The van der Waals surface area contributed by atoms with Crippen LogP contribution < -0.4 is 15.0 Å². The number of benzene rings is 2. The number of hydrogen-bond acceptors (Lipinski definition) is 7. The molecule has 1 fully saturated rings. The summed E-state index contributed by atoms with van der Waals surface area (Å²) in [6, 6.07) is 12.1. The van der Waals surface area contributed by atoms with E-state index >= 15 is 0 Å². The molecule has 31 heavy (non-hydrogen) atoms. The number of carbonyl (C=O) groups excluding carboxylic acids is 1. The fourth-order valence-electron chi connectivity index (χ4n) is 3.30. The van der Waals surface area contributed by atoms with Crippen molar-refractivity contribution in [3.63, 3.8) is 0 Å². The minimum absolute atomic E-state index is 0.0584. The number of fused-ring (bicyclic) bond motifs is 1. The van der Waals surface area contributed by atoms with Gasteiger partial charge in [0.05, 0.1) is 30.5 Å². The predicted octanol–water partition coefficient (Wildman–Crippen LogP) is 1.51. The van der Waals surface area contributed by atoms with Crippen LogP contribution in [0.15, 0.2) is 52.5 Å². The van der Waals surface area contributed by atoms with E-state index in [-0.39, 0.29) is 29.3 Å². The van der Waals surface area contributed by atoms with Gasteiger partial charge < -0.3 is 14.0 Å². The predicted molar refractivity (Wildman–Crippen MR) is 116 cm³/mol. The summed E-state index contributed by atoms with van der Waals surface area (Å²) in [7, 11) is -0.578. The number of methoxy groups -OCH3 is 1. The Hall–Kier alpha value is -2.73. The Kier molecular flexibility index (Phi) is 6.10. The van der Waals surface area contributed by atoms with Gasteiger partial charge in [-0.3, -0.25) is 4.79 Å². The standard InChI is InChI=1S/C20H22N4O5S2/c1-23-15-5-3-4-6-17(15)30-20(23)22-21-19(25)14-7-8-16(28-2)18(13-14)31(26,27)24-9-11-29-12-10-24/h3-8,13H,9-12H2,1-2H3,(H,21,25). The van der Waals surface area contributed by atoms with Crippen molar-refractivity contribution in [3.05, 3.63) is 52.8 Å². The summed E-state index contributed by atoms with van der Waals surface area (Å²) < 4.78 is 40.9. The van der Waals surface area contributed by atoms with Crippen LogP contribution in [0.25, 0.3) is 10.2 Å². The second kappa shape index (κ2) is 8.79. The van der Waals surface area contributed by atoms with E-state index in [1.807, 2.05) is 35.9 Å². The van der Waals surface area contributed by atoms with Crippen LogP contribution in [-0.4, -0.2) is 56.6 Å². The highest BCUT2D eigenvalue weighted by atomic mass is 32.2. The van der Waals surface area contributed by atoms with Crippen LogP contribution in [0.4, 0.5) is 0 Å². The molecule has 1 aliphatic heterocycles. The van der Waals surface area contributed by atoms with Crippen LogP contribution in [0, 0.1) is 0 Å². The summed E-state index contributed by atoms with van der Waals surface area (Å²) in [6.45, 7) is 1.15. The monoisotopic (exact) mass is 462 g/mol. The smallest absolute Gasteiger partial charge is 0.271 e. The summed E-state index contributed by atoms with van der Waals surface area (Å²) >= 11 is 1.44. The molecule has 164 valence electrons. The number of amides is 1. The van der Waals surface area contributed by atoms with Crippen molar-refractivity contribution in [3.8, 4) is 5.75 Å². The van der Waals surface area contributed by atoms with E-state index in [2.05, 4.69) is 10.5 Å². The average Bonchev–Trinajstić information content (AvgIpc) is 3.13. The maximum Gasteiger partial charge on any atom is 0.271 e. The number of nitrogens with zero attached hydrogens (tertiary/aromatic N) is 3. The molecule has 1 N–H and O–H groups in total. The zero-order valence-electron chi connectivity index (χ0n) is 17.1. The van der Waals surface area contributed by atoms with E-state index in [4.69, 9.17) is 9.47 Å². The number of carbonyl (C=O) groups is 1. The van der Waals surface area contributed by atoms with Gasteiger partial charge in [0.1, 0.15) is 10.6 Å². The summed E-state index contributed by atoms with van der Waals surface area (Å²) in [5.74, 6) is -0.338. The molecule has 0 unspecified atom stereocenters. The van der Waals surface area contributed by atoms with E-state index in [0.717, 1.165) is 10.2 Å². The quantitative estimate of drug-likeness (QED) is 0.579. The normalized spacial score (nSPS) is 15.9. The van der Waals surface area contributed by atoms with Crippen molar-refractivity contribution < 1.29 is 22.7 Å². The second-order valence-electron chi connectivity index (χ2n) is 6.85. The van der Waals surface area contributed by atoms with E-state index in [9.17, 15) is 13.2 Å². The Balaban J connectivity index is 1.64. The maximum absolute atomic E-state index is 13.1. The molecule has 11 heteroatoms. The van der Waals surface area contributed by atoms with Gasteiger partial charge in [0.2, 0.25) is 14.8 Å². The molecular formula is C20H22N4O5S2. The third kappa shape index (κ3) is 4.22. The fraction of sp³-hybridized carbons (Fsp3) is 0.300. The van der Waals surface area contributed by atoms with Crippen molar-refractivity contribution in [1.29, 1.82) is 0 Å². The molecule has 1 aromatic heterocycles. The Labute approximate surface area is 183 Å². The van der Waals surface area contributed by atoms with Crippen molar-refractivity contribution in [1.82, 2.24) is 14.3 Å². The lowest BCUT2D eigenvalue weighted by atomic mass is 10.2. The number of morpholine rings is 1. The van der Waals surface area contributed by atoms with Crippen LogP contribution in [-0.2, 0) is 21.8 Å². The minimum atomic E-state index is -3.84. The topological polar surface area (TPSA) is 102 Å². The number of sulfonamides is 1. The highest BCUT2D eigenvalue weighted by Crippen LogP contribution is 2.28. The Morgan fingerprint density at radius 3 is 2.65 bits per heavy atom. The molecule has 0 saturated carbocycles. The number of aromatic nitrogens is 1. The summed E-state index contributed by atoms with van der Waals surface area (Å²) in [5, 5.41) is 4.22. The van der Waals surface area contributed by atoms with E-state index in [1.165, 1.54) is 41.0 Å². The van der Waals surface area contributed by atoms with Crippen molar-refractivity contribution in [2.24, 2.45) is 12.1 Å². The average molecular weight is 463 g/mol. The third-order valence-corrected chi connectivity index (χ3v) is 8.01. The number of ether oxygens (including phenoxy) is 2. The van der Waals surface area contributed by atoms with Crippen molar-refractivity contribution in [2.75, 3.05) is 33.4 Å². The molecule has 0 bridgehead atoms. The Morgan fingerprint density at radius 1 is 1.19 bits per heavy atom. The number of rotatable bonds is 5. The third-order valence-electron chi connectivity index (χ3n) is 4.98. The molecule has 0 atom stereocenters. The molecule has 1 amide bonds. The largest absolute Gasteiger partial charge is 0.495 e. The SMILES string of the molecule is COc1ccc(C(=O)NN=c2sc3ccccc3n2C)cc1S(=O)(=O)N1CCOCC1. The number of para-hydroxylation sites is 1. The van der Waals surface area contributed by atoms with Crippen molar-refractivity contribution in [2.45, 2.75) is 4.90 Å². The lowest BCUT2D eigenvalue weighted by molar-refractivity contribution is 0.0729. The zero-order chi connectivity index (χ0) is 22.0. The Morgan fingerprint density at radius 2 is 1.94 bits per heavy atom. The molecule has 1 aliphatic rings. The van der Waals surface area contributed by atoms with Gasteiger partial charge in [-0.05, 0) is 30.3 Å². The van der Waals surface area contributed by atoms with Crippen LogP contribution in [0.5, 0.6) is 5.75 Å². The summed E-state index contributed by atoms with van der Waals surface area (Å²) in [6.07, 6.45) is 0. The van der Waals surface area contributed by atoms with E-state index < -0.39 is 15.9 Å². The second-order valence-corrected chi connectivity index (χ2v) is 9.76.